The Morgan fingerprint density at radius 3 is 2.59 bits per heavy atom. The van der Waals surface area contributed by atoms with Crippen LogP contribution in [-0.4, -0.2) is 29.3 Å². The van der Waals surface area contributed by atoms with Crippen molar-refractivity contribution in [2.75, 3.05) is 24.7 Å². The van der Waals surface area contributed by atoms with E-state index in [1.165, 1.54) is 7.11 Å². The summed E-state index contributed by atoms with van der Waals surface area (Å²) in [5.41, 5.74) is 5.47. The van der Waals surface area contributed by atoms with E-state index in [4.69, 9.17) is 10.5 Å². The highest BCUT2D eigenvalue weighted by Gasteiger charge is 2.21. The molecule has 4 N–H and O–H groups in total. The van der Waals surface area contributed by atoms with Crippen molar-refractivity contribution in [1.82, 2.24) is 4.98 Å². The zero-order chi connectivity index (χ0) is 12.9. The Balaban J connectivity index is 2.69. The minimum atomic E-state index is -0.698. The van der Waals surface area contributed by atoms with Gasteiger partial charge in [-0.25, -0.2) is 0 Å². The van der Waals surface area contributed by atoms with Gasteiger partial charge in [-0.15, -0.1) is 0 Å². The van der Waals surface area contributed by atoms with Crippen LogP contribution in [0.4, 0.5) is 11.5 Å². The van der Waals surface area contributed by atoms with Gasteiger partial charge in [0.15, 0.2) is 0 Å². The second kappa shape index (κ2) is 5.72. The molecule has 5 nitrogen and oxygen atoms in total. The Morgan fingerprint density at radius 2 is 2.06 bits per heavy atom. The second-order valence-corrected chi connectivity index (χ2v) is 4.08. The van der Waals surface area contributed by atoms with Crippen LogP contribution in [0.5, 0.6) is 5.88 Å². The Kier molecular flexibility index (Phi) is 4.57. The molecule has 0 aliphatic heterocycles. The van der Waals surface area contributed by atoms with E-state index < -0.39 is 5.60 Å². The number of nitrogens with two attached hydrogens (primary N) is 1. The number of aromatic nitrogens is 1. The molecule has 0 bridgehead atoms. The quantitative estimate of drug-likeness (QED) is 0.703. The topological polar surface area (TPSA) is 80.4 Å². The van der Waals surface area contributed by atoms with Crippen molar-refractivity contribution in [1.29, 1.82) is 0 Å². The molecule has 1 rings (SSSR count). The first-order valence-corrected chi connectivity index (χ1v) is 5.81. The van der Waals surface area contributed by atoms with Crippen LogP contribution in [0.2, 0.25) is 0 Å². The van der Waals surface area contributed by atoms with Crippen LogP contribution < -0.4 is 15.8 Å². The second-order valence-electron chi connectivity index (χ2n) is 4.08. The van der Waals surface area contributed by atoms with E-state index in [9.17, 15) is 5.11 Å². The highest BCUT2D eigenvalue weighted by Crippen LogP contribution is 2.21. The van der Waals surface area contributed by atoms with E-state index in [-0.39, 0.29) is 0 Å². The monoisotopic (exact) mass is 239 g/mol. The van der Waals surface area contributed by atoms with Crippen LogP contribution in [0.1, 0.15) is 26.7 Å². The zero-order valence-corrected chi connectivity index (χ0v) is 10.7. The Bertz CT molecular complexity index is 365. The largest absolute Gasteiger partial charge is 0.479 e. The van der Waals surface area contributed by atoms with Gasteiger partial charge in [-0.3, -0.25) is 0 Å². The number of hydrogen-bond donors (Lipinski definition) is 3. The van der Waals surface area contributed by atoms with E-state index in [0.29, 0.717) is 36.8 Å². The third-order valence-corrected chi connectivity index (χ3v) is 3.00. The Morgan fingerprint density at radius 1 is 1.41 bits per heavy atom. The maximum absolute atomic E-state index is 10.1. The third kappa shape index (κ3) is 3.49. The van der Waals surface area contributed by atoms with Gasteiger partial charge in [0, 0.05) is 6.54 Å². The van der Waals surface area contributed by atoms with Crippen LogP contribution >= 0.6 is 0 Å². The summed E-state index contributed by atoms with van der Waals surface area (Å²) in [4.78, 5) is 4.19. The number of ether oxygens (including phenoxy) is 1. The molecule has 0 saturated heterocycles. The molecular formula is C12H21N3O2. The molecule has 0 aromatic carbocycles. The molecular weight excluding hydrogens is 218 g/mol. The number of nitrogen functional groups attached to an aromatic ring is 1. The molecule has 0 spiro atoms. The molecule has 5 heteroatoms. The molecule has 17 heavy (non-hydrogen) atoms. The molecule has 96 valence electrons. The van der Waals surface area contributed by atoms with Crippen molar-refractivity contribution < 1.29 is 9.84 Å². The van der Waals surface area contributed by atoms with Gasteiger partial charge < -0.3 is 20.9 Å². The lowest BCUT2D eigenvalue weighted by Crippen LogP contribution is -2.35. The molecule has 0 aliphatic carbocycles. The fourth-order valence-corrected chi connectivity index (χ4v) is 1.47. The lowest BCUT2D eigenvalue weighted by atomic mass is 9.98. The molecule has 0 saturated carbocycles. The van der Waals surface area contributed by atoms with E-state index in [1.54, 1.807) is 12.1 Å². The summed E-state index contributed by atoms with van der Waals surface area (Å²) in [5, 5.41) is 13.2. The number of pyridine rings is 1. The number of nitrogens with zero attached hydrogens (tertiary/aromatic N) is 1. The van der Waals surface area contributed by atoms with Crippen LogP contribution in [0.3, 0.4) is 0 Å². The van der Waals surface area contributed by atoms with Crippen molar-refractivity contribution in [2.45, 2.75) is 32.3 Å². The van der Waals surface area contributed by atoms with Gasteiger partial charge in [0.05, 0.1) is 18.4 Å². The number of aliphatic hydroxyl groups is 1. The summed E-state index contributed by atoms with van der Waals surface area (Å²) in [6, 6.07) is 3.49. The first-order chi connectivity index (χ1) is 8.04. The molecule has 0 atom stereocenters. The lowest BCUT2D eigenvalue weighted by Gasteiger charge is -2.25. The number of methoxy groups -OCH3 is 1. The van der Waals surface area contributed by atoms with Crippen LogP contribution in [0.25, 0.3) is 0 Å². The van der Waals surface area contributed by atoms with Gasteiger partial charge in [-0.05, 0) is 25.0 Å². The summed E-state index contributed by atoms with van der Waals surface area (Å²) < 4.78 is 5.03. The average molecular weight is 239 g/mol. The minimum absolute atomic E-state index is 0.395. The molecule has 1 aromatic rings. The Labute approximate surface area is 102 Å². The van der Waals surface area contributed by atoms with E-state index >= 15 is 0 Å². The summed E-state index contributed by atoms with van der Waals surface area (Å²) in [6.45, 7) is 4.38. The zero-order valence-electron chi connectivity index (χ0n) is 10.7. The van der Waals surface area contributed by atoms with E-state index in [2.05, 4.69) is 10.3 Å². The number of rotatable bonds is 6. The molecule has 1 aromatic heterocycles. The third-order valence-electron chi connectivity index (χ3n) is 3.00. The molecule has 0 amide bonds. The lowest BCUT2D eigenvalue weighted by molar-refractivity contribution is 0.0456. The van der Waals surface area contributed by atoms with Crippen molar-refractivity contribution in [2.24, 2.45) is 0 Å². The highest BCUT2D eigenvalue weighted by atomic mass is 16.5. The molecule has 0 aliphatic rings. The van der Waals surface area contributed by atoms with E-state index in [0.717, 1.165) is 0 Å². The van der Waals surface area contributed by atoms with Crippen molar-refractivity contribution in [3.63, 3.8) is 0 Å². The molecule has 0 fully saturated rings. The fourth-order valence-electron chi connectivity index (χ4n) is 1.47. The maximum atomic E-state index is 10.1. The summed E-state index contributed by atoms with van der Waals surface area (Å²) in [7, 11) is 1.52. The fraction of sp³-hybridized carbons (Fsp3) is 0.583. The van der Waals surface area contributed by atoms with Crippen molar-refractivity contribution >= 4 is 11.5 Å². The summed E-state index contributed by atoms with van der Waals surface area (Å²) in [6.07, 6.45) is 1.39. The van der Waals surface area contributed by atoms with E-state index in [1.807, 2.05) is 13.8 Å². The number of nitrogens with one attached hydrogen (secondary N) is 1. The summed E-state index contributed by atoms with van der Waals surface area (Å²) in [5.74, 6) is 1.04. The van der Waals surface area contributed by atoms with Crippen LogP contribution in [0.15, 0.2) is 12.1 Å². The van der Waals surface area contributed by atoms with Crippen LogP contribution in [0, 0.1) is 0 Å². The first kappa shape index (κ1) is 13.6. The van der Waals surface area contributed by atoms with Gasteiger partial charge in [0.25, 0.3) is 0 Å². The minimum Gasteiger partial charge on any atom is -0.479 e. The van der Waals surface area contributed by atoms with Gasteiger partial charge in [-0.1, -0.05) is 13.8 Å². The standard InChI is InChI=1S/C12H21N3O2/c1-4-12(16,5-2)8-14-10-7-6-9(13)11(15-10)17-3/h6-7,16H,4-5,8,13H2,1-3H3,(H,14,15). The van der Waals surface area contributed by atoms with Gasteiger partial charge in [-0.2, -0.15) is 4.98 Å². The summed E-state index contributed by atoms with van der Waals surface area (Å²) >= 11 is 0. The normalized spacial score (nSPS) is 11.3. The smallest absolute Gasteiger partial charge is 0.238 e. The predicted octanol–water partition coefficient (Wildman–Crippen LogP) is 1.64. The predicted molar refractivity (Wildman–Crippen MR) is 69.2 cm³/mol. The molecule has 0 radical (unpaired) electrons. The maximum Gasteiger partial charge on any atom is 0.238 e. The number of hydrogen-bond acceptors (Lipinski definition) is 5. The van der Waals surface area contributed by atoms with Gasteiger partial charge >= 0.3 is 0 Å². The van der Waals surface area contributed by atoms with Gasteiger partial charge in [0.1, 0.15) is 5.82 Å². The average Bonchev–Trinajstić information content (AvgIpc) is 2.37. The van der Waals surface area contributed by atoms with Crippen molar-refractivity contribution in [3.05, 3.63) is 12.1 Å². The van der Waals surface area contributed by atoms with Crippen LogP contribution in [-0.2, 0) is 0 Å². The van der Waals surface area contributed by atoms with Crippen molar-refractivity contribution in [3.8, 4) is 5.88 Å². The Hall–Kier alpha value is -1.49. The number of anilines is 2. The SMILES string of the molecule is CCC(O)(CC)CNc1ccc(N)c(OC)n1. The molecule has 1 heterocycles. The highest BCUT2D eigenvalue weighted by molar-refractivity contribution is 5.53. The molecule has 0 unspecified atom stereocenters. The first-order valence-electron chi connectivity index (χ1n) is 5.81. The van der Waals surface area contributed by atoms with Gasteiger partial charge in [0.2, 0.25) is 5.88 Å².